The molecule has 0 saturated carbocycles. The van der Waals surface area contributed by atoms with Gasteiger partial charge in [0, 0.05) is 12.1 Å². The van der Waals surface area contributed by atoms with Gasteiger partial charge in [-0.1, -0.05) is 47.5 Å². The summed E-state index contributed by atoms with van der Waals surface area (Å²) in [6.07, 6.45) is 0. The van der Waals surface area contributed by atoms with Crippen molar-refractivity contribution in [3.63, 3.8) is 0 Å². The van der Waals surface area contributed by atoms with Gasteiger partial charge in [-0.25, -0.2) is 8.42 Å². The number of methoxy groups -OCH3 is 3. The summed E-state index contributed by atoms with van der Waals surface area (Å²) < 4.78 is 46.0. The lowest BCUT2D eigenvalue weighted by Crippen LogP contribution is -2.30. The van der Waals surface area contributed by atoms with E-state index in [1.807, 2.05) is 38.1 Å². The van der Waals surface area contributed by atoms with Gasteiger partial charge in [0.25, 0.3) is 0 Å². The number of nitrogens with one attached hydrogen (secondary N) is 1. The number of hydrogen-bond acceptors (Lipinski definition) is 5. The molecule has 0 aliphatic rings. The number of aryl methyl sites for hydroxylation is 2. The molecular weight excluding hydrogens is 414 g/mol. The van der Waals surface area contributed by atoms with Crippen molar-refractivity contribution in [3.05, 3.63) is 82.9 Å². The Hall–Kier alpha value is -3.03. The first kappa shape index (κ1) is 22.7. The lowest BCUT2D eigenvalue weighted by molar-refractivity contribution is 0.365. The molecule has 0 fully saturated rings. The van der Waals surface area contributed by atoms with Gasteiger partial charge in [-0.3, -0.25) is 0 Å². The minimum atomic E-state index is -3.84. The fourth-order valence-corrected chi connectivity index (χ4v) is 4.60. The van der Waals surface area contributed by atoms with Crippen LogP contribution in [0.5, 0.6) is 17.2 Å². The average Bonchev–Trinajstić information content (AvgIpc) is 2.77. The van der Waals surface area contributed by atoms with Crippen molar-refractivity contribution in [1.29, 1.82) is 0 Å². The maximum Gasteiger partial charge on any atom is 0.241 e. The highest BCUT2D eigenvalue weighted by Gasteiger charge is 2.29. The van der Waals surface area contributed by atoms with Crippen molar-refractivity contribution < 1.29 is 22.6 Å². The zero-order valence-corrected chi connectivity index (χ0v) is 19.1. The highest BCUT2D eigenvalue weighted by molar-refractivity contribution is 7.89. The molecule has 0 aliphatic heterocycles. The second kappa shape index (κ2) is 9.41. The van der Waals surface area contributed by atoms with Crippen LogP contribution in [-0.2, 0) is 10.0 Å². The summed E-state index contributed by atoms with van der Waals surface area (Å²) in [5.74, 6) is 1.45. The normalized spacial score (nSPS) is 12.3. The summed E-state index contributed by atoms with van der Waals surface area (Å²) in [5.41, 5.74) is 3.31. The van der Waals surface area contributed by atoms with E-state index in [-0.39, 0.29) is 4.90 Å². The van der Waals surface area contributed by atoms with E-state index in [2.05, 4.69) is 4.72 Å². The first-order valence-corrected chi connectivity index (χ1v) is 11.2. The van der Waals surface area contributed by atoms with E-state index in [0.29, 0.717) is 22.8 Å². The molecule has 3 aromatic carbocycles. The molecule has 7 heteroatoms. The predicted octanol–water partition coefficient (Wildman–Crippen LogP) is 4.40. The highest BCUT2D eigenvalue weighted by Crippen LogP contribution is 2.41. The molecular formula is C24H27NO5S. The van der Waals surface area contributed by atoms with Gasteiger partial charge >= 0.3 is 0 Å². The molecule has 3 rings (SSSR count). The molecule has 0 heterocycles. The van der Waals surface area contributed by atoms with Crippen LogP contribution in [0.4, 0.5) is 0 Å². The zero-order valence-electron chi connectivity index (χ0n) is 18.3. The third kappa shape index (κ3) is 5.00. The summed E-state index contributed by atoms with van der Waals surface area (Å²) >= 11 is 0. The zero-order chi connectivity index (χ0) is 22.6. The number of sulfonamides is 1. The van der Waals surface area contributed by atoms with Crippen LogP contribution in [0.1, 0.15) is 28.3 Å². The van der Waals surface area contributed by atoms with Crippen LogP contribution < -0.4 is 18.9 Å². The molecule has 0 spiro atoms. The fraction of sp³-hybridized carbons (Fsp3) is 0.250. The number of rotatable bonds is 8. The SMILES string of the molecule is COc1cc(OC)c(C(NS(=O)(=O)c2ccc(C)cc2)c2cccc(C)c2)c(OC)c1. The Bertz CT molecular complexity index is 1130. The van der Waals surface area contributed by atoms with Crippen molar-refractivity contribution in [3.8, 4) is 17.2 Å². The lowest BCUT2D eigenvalue weighted by atomic mass is 9.96. The predicted molar refractivity (Wildman–Crippen MR) is 121 cm³/mol. The van der Waals surface area contributed by atoms with Gasteiger partial charge in [0.15, 0.2) is 0 Å². The monoisotopic (exact) mass is 441 g/mol. The molecule has 0 saturated heterocycles. The Labute approximate surface area is 183 Å². The third-order valence-electron chi connectivity index (χ3n) is 5.02. The molecule has 1 unspecified atom stereocenters. The topological polar surface area (TPSA) is 73.9 Å². The molecule has 6 nitrogen and oxygen atoms in total. The molecule has 0 radical (unpaired) electrons. The molecule has 0 amide bonds. The van der Waals surface area contributed by atoms with E-state index in [9.17, 15) is 8.42 Å². The standard InChI is InChI=1S/C24H27NO5S/c1-16-9-11-20(12-10-16)31(26,27)25-24(18-8-6-7-17(2)13-18)23-21(29-4)14-19(28-3)15-22(23)30-5/h6-15,24-25H,1-5H3. The Morgan fingerprint density at radius 3 is 1.90 bits per heavy atom. The molecule has 31 heavy (non-hydrogen) atoms. The number of hydrogen-bond donors (Lipinski definition) is 1. The lowest BCUT2D eigenvalue weighted by Gasteiger charge is -2.25. The average molecular weight is 442 g/mol. The molecule has 0 aliphatic carbocycles. The van der Waals surface area contributed by atoms with Crippen molar-refractivity contribution in [2.24, 2.45) is 0 Å². The molecule has 1 atom stereocenters. The minimum absolute atomic E-state index is 0.183. The van der Waals surface area contributed by atoms with E-state index >= 15 is 0 Å². The van der Waals surface area contributed by atoms with Crippen LogP contribution in [0.25, 0.3) is 0 Å². The summed E-state index contributed by atoms with van der Waals surface area (Å²) in [7, 11) is 0.759. The molecule has 0 bridgehead atoms. The van der Waals surface area contributed by atoms with Gasteiger partial charge in [-0.2, -0.15) is 4.72 Å². The smallest absolute Gasteiger partial charge is 0.241 e. The molecule has 1 N–H and O–H groups in total. The maximum absolute atomic E-state index is 13.3. The van der Waals surface area contributed by atoms with E-state index in [1.54, 1.807) is 43.5 Å². The second-order valence-electron chi connectivity index (χ2n) is 7.23. The van der Waals surface area contributed by atoms with Gasteiger partial charge < -0.3 is 14.2 Å². The summed E-state index contributed by atoms with van der Waals surface area (Å²) in [5, 5.41) is 0. The first-order chi connectivity index (χ1) is 14.8. The highest BCUT2D eigenvalue weighted by atomic mass is 32.2. The van der Waals surface area contributed by atoms with Crippen molar-refractivity contribution in [2.75, 3.05) is 21.3 Å². The fourth-order valence-electron chi connectivity index (χ4n) is 3.40. The van der Waals surface area contributed by atoms with Crippen LogP contribution in [0.3, 0.4) is 0 Å². The summed E-state index contributed by atoms with van der Waals surface area (Å²) in [4.78, 5) is 0.183. The third-order valence-corrected chi connectivity index (χ3v) is 6.46. The quantitative estimate of drug-likeness (QED) is 0.561. The number of ether oxygens (including phenoxy) is 3. The maximum atomic E-state index is 13.3. The van der Waals surface area contributed by atoms with Gasteiger partial charge in [-0.15, -0.1) is 0 Å². The Balaban J connectivity index is 2.20. The van der Waals surface area contributed by atoms with Crippen LogP contribution in [-0.4, -0.2) is 29.7 Å². The van der Waals surface area contributed by atoms with Crippen molar-refractivity contribution in [2.45, 2.75) is 24.8 Å². The van der Waals surface area contributed by atoms with Crippen LogP contribution >= 0.6 is 0 Å². The van der Waals surface area contributed by atoms with Gasteiger partial charge in [0.1, 0.15) is 17.2 Å². The largest absolute Gasteiger partial charge is 0.496 e. The molecule has 164 valence electrons. The van der Waals surface area contributed by atoms with Gasteiger partial charge in [-0.05, 0) is 31.5 Å². The van der Waals surface area contributed by atoms with Crippen LogP contribution in [0.15, 0.2) is 65.6 Å². The minimum Gasteiger partial charge on any atom is -0.496 e. The van der Waals surface area contributed by atoms with Gasteiger partial charge in [0.05, 0.1) is 37.8 Å². The van der Waals surface area contributed by atoms with E-state index < -0.39 is 16.1 Å². The van der Waals surface area contributed by atoms with E-state index in [4.69, 9.17) is 14.2 Å². The second-order valence-corrected chi connectivity index (χ2v) is 8.94. The van der Waals surface area contributed by atoms with E-state index in [1.165, 1.54) is 14.2 Å². The Kier molecular flexibility index (Phi) is 6.87. The Morgan fingerprint density at radius 2 is 1.39 bits per heavy atom. The van der Waals surface area contributed by atoms with Crippen LogP contribution in [0, 0.1) is 13.8 Å². The van der Waals surface area contributed by atoms with E-state index in [0.717, 1.165) is 16.7 Å². The number of benzene rings is 3. The van der Waals surface area contributed by atoms with Crippen molar-refractivity contribution in [1.82, 2.24) is 4.72 Å². The van der Waals surface area contributed by atoms with Gasteiger partial charge in [0.2, 0.25) is 10.0 Å². The molecule has 0 aromatic heterocycles. The first-order valence-electron chi connectivity index (χ1n) is 9.74. The van der Waals surface area contributed by atoms with Crippen molar-refractivity contribution >= 4 is 10.0 Å². The Morgan fingerprint density at radius 1 is 0.774 bits per heavy atom. The van der Waals surface area contributed by atoms with Crippen LogP contribution in [0.2, 0.25) is 0 Å². The summed E-state index contributed by atoms with van der Waals surface area (Å²) in [6, 6.07) is 17.0. The summed E-state index contributed by atoms with van der Waals surface area (Å²) in [6.45, 7) is 3.87. The molecule has 3 aromatic rings.